The Bertz CT molecular complexity index is 890. The van der Waals surface area contributed by atoms with E-state index in [1.807, 2.05) is 0 Å². The molecule has 0 aliphatic rings. The van der Waals surface area contributed by atoms with E-state index in [1.165, 1.54) is 30.0 Å². The molecule has 2 aromatic rings. The average molecular weight is 381 g/mol. The van der Waals surface area contributed by atoms with Gasteiger partial charge in [-0.15, -0.1) is 0 Å². The van der Waals surface area contributed by atoms with Crippen molar-refractivity contribution < 1.29 is 8.42 Å². The molecule has 0 saturated heterocycles. The van der Waals surface area contributed by atoms with Crippen LogP contribution in [0.4, 0.5) is 11.4 Å². The normalized spacial score (nSPS) is 11.6. The molecule has 0 aliphatic heterocycles. The summed E-state index contributed by atoms with van der Waals surface area (Å²) in [6, 6.07) is 12.4. The van der Waals surface area contributed by atoms with Crippen LogP contribution < -0.4 is 10.0 Å². The van der Waals surface area contributed by atoms with Crippen LogP contribution in [0.2, 0.25) is 5.02 Å². The second-order valence-electron chi connectivity index (χ2n) is 4.47. The van der Waals surface area contributed by atoms with Crippen LogP contribution in [-0.4, -0.2) is 19.8 Å². The van der Waals surface area contributed by atoms with E-state index in [2.05, 4.69) is 15.0 Å². The highest BCUT2D eigenvalue weighted by atomic mass is 35.5. The molecule has 0 heterocycles. The van der Waals surface area contributed by atoms with Gasteiger partial charge in [0.05, 0.1) is 16.3 Å². The smallest absolute Gasteiger partial charge is 0.261 e. The van der Waals surface area contributed by atoms with E-state index in [1.54, 1.807) is 42.8 Å². The van der Waals surface area contributed by atoms with Gasteiger partial charge in [-0.1, -0.05) is 29.4 Å². The maximum atomic E-state index is 12.4. The maximum Gasteiger partial charge on any atom is 0.261 e. The zero-order valence-electron chi connectivity index (χ0n) is 12.5. The molecule has 2 N–H and O–H groups in total. The predicted octanol–water partition coefficient (Wildman–Crippen LogP) is 3.56. The Labute approximate surface area is 149 Å². The molecule has 9 heteroatoms. The van der Waals surface area contributed by atoms with Crippen LogP contribution in [0.25, 0.3) is 0 Å². The van der Waals surface area contributed by atoms with E-state index in [0.29, 0.717) is 21.6 Å². The van der Waals surface area contributed by atoms with Crippen molar-refractivity contribution in [1.82, 2.24) is 5.32 Å². The number of aliphatic imine (C=N–C) groups is 1. The topological polar surface area (TPSA) is 94.3 Å². The second kappa shape index (κ2) is 8.06. The van der Waals surface area contributed by atoms with Crippen molar-refractivity contribution in [2.24, 2.45) is 4.99 Å². The van der Waals surface area contributed by atoms with Gasteiger partial charge in [0.25, 0.3) is 10.0 Å². The van der Waals surface area contributed by atoms with E-state index in [9.17, 15) is 8.42 Å². The highest BCUT2D eigenvalue weighted by Crippen LogP contribution is 2.22. The van der Waals surface area contributed by atoms with Crippen molar-refractivity contribution in [3.63, 3.8) is 0 Å². The lowest BCUT2D eigenvalue weighted by Crippen LogP contribution is -2.13. The Balaban J connectivity index is 2.22. The number of nitrogens with zero attached hydrogens (tertiary/aromatic N) is 2. The summed E-state index contributed by atoms with van der Waals surface area (Å²) in [6.07, 6.45) is 3.56. The third kappa shape index (κ3) is 4.89. The fraction of sp³-hybridized carbons (Fsp3) is 0.0667. The Morgan fingerprint density at radius 3 is 2.54 bits per heavy atom. The molecule has 0 saturated carbocycles. The first-order valence-electron chi connectivity index (χ1n) is 6.61. The first-order valence-corrected chi connectivity index (χ1v) is 9.69. The van der Waals surface area contributed by atoms with Gasteiger partial charge in [-0.25, -0.2) is 13.4 Å². The average Bonchev–Trinajstić information content (AvgIpc) is 2.54. The summed E-state index contributed by atoms with van der Waals surface area (Å²) in [4.78, 5) is 4.30. The van der Waals surface area contributed by atoms with Gasteiger partial charge < -0.3 is 0 Å². The van der Waals surface area contributed by atoms with Crippen LogP contribution in [0.3, 0.4) is 0 Å². The minimum Gasteiger partial charge on any atom is -0.280 e. The zero-order chi connectivity index (χ0) is 17.6. The van der Waals surface area contributed by atoms with Crippen molar-refractivity contribution >= 4 is 49.9 Å². The summed E-state index contributed by atoms with van der Waals surface area (Å²) in [6.45, 7) is 0. The molecule has 0 aliphatic carbocycles. The van der Waals surface area contributed by atoms with E-state index in [-0.39, 0.29) is 4.90 Å². The molecule has 24 heavy (non-hydrogen) atoms. The molecule has 0 unspecified atom stereocenters. The van der Waals surface area contributed by atoms with Crippen molar-refractivity contribution in [3.8, 4) is 6.19 Å². The van der Waals surface area contributed by atoms with Crippen LogP contribution in [0.1, 0.15) is 0 Å². The van der Waals surface area contributed by atoms with Crippen LogP contribution in [-0.2, 0) is 10.0 Å². The van der Waals surface area contributed by atoms with E-state index < -0.39 is 10.0 Å². The molecule has 0 bridgehead atoms. The van der Waals surface area contributed by atoms with Crippen molar-refractivity contribution in [1.29, 1.82) is 5.26 Å². The highest BCUT2D eigenvalue weighted by Gasteiger charge is 2.14. The number of thioether (sulfide) groups is 1. The lowest BCUT2D eigenvalue weighted by molar-refractivity contribution is 0.601. The fourth-order valence-electron chi connectivity index (χ4n) is 1.76. The molecule has 6 nitrogen and oxygen atoms in total. The van der Waals surface area contributed by atoms with Gasteiger partial charge in [0.2, 0.25) is 0 Å². The van der Waals surface area contributed by atoms with Gasteiger partial charge in [0.1, 0.15) is 0 Å². The SMILES string of the molecule is CSC(=Nc1ccc(S(=O)(=O)Nc2cccc(Cl)c2)cc1)NC#N. The van der Waals surface area contributed by atoms with E-state index in [0.717, 1.165) is 0 Å². The number of amidine groups is 1. The molecular weight excluding hydrogens is 368 g/mol. The Hall–Kier alpha value is -2.21. The molecule has 0 amide bonds. The van der Waals surface area contributed by atoms with E-state index >= 15 is 0 Å². The molecule has 2 rings (SSSR count). The maximum absolute atomic E-state index is 12.4. The van der Waals surface area contributed by atoms with Crippen LogP contribution in [0, 0.1) is 11.5 Å². The summed E-state index contributed by atoms with van der Waals surface area (Å²) < 4.78 is 27.2. The number of rotatable bonds is 4. The largest absolute Gasteiger partial charge is 0.280 e. The summed E-state index contributed by atoms with van der Waals surface area (Å²) in [7, 11) is -3.72. The summed E-state index contributed by atoms with van der Waals surface area (Å²) in [5.41, 5.74) is 0.913. The second-order valence-corrected chi connectivity index (χ2v) is 7.38. The van der Waals surface area contributed by atoms with Gasteiger partial charge in [-0.3, -0.25) is 10.0 Å². The van der Waals surface area contributed by atoms with Crippen LogP contribution in [0.15, 0.2) is 58.4 Å². The summed E-state index contributed by atoms with van der Waals surface area (Å²) in [5, 5.41) is 11.9. The Morgan fingerprint density at radius 1 is 1.25 bits per heavy atom. The van der Waals surface area contributed by atoms with Gasteiger partial charge in [0, 0.05) is 5.02 Å². The van der Waals surface area contributed by atoms with Crippen LogP contribution >= 0.6 is 23.4 Å². The lowest BCUT2D eigenvalue weighted by atomic mass is 10.3. The number of nitrogens with one attached hydrogen (secondary N) is 2. The van der Waals surface area contributed by atoms with Crippen LogP contribution in [0.5, 0.6) is 0 Å². The first-order chi connectivity index (χ1) is 11.4. The zero-order valence-corrected chi connectivity index (χ0v) is 14.9. The number of benzene rings is 2. The number of nitriles is 1. The highest BCUT2D eigenvalue weighted by molar-refractivity contribution is 8.13. The summed E-state index contributed by atoms with van der Waals surface area (Å²) in [5.74, 6) is 0. The lowest BCUT2D eigenvalue weighted by Gasteiger charge is -2.08. The van der Waals surface area contributed by atoms with Crippen molar-refractivity contribution in [2.45, 2.75) is 4.90 Å². The van der Waals surface area contributed by atoms with Gasteiger partial charge in [0.15, 0.2) is 11.4 Å². The van der Waals surface area contributed by atoms with Gasteiger partial charge in [-0.2, -0.15) is 5.26 Å². The fourth-order valence-corrected chi connectivity index (χ4v) is 3.34. The molecule has 0 atom stereocenters. The number of hydrogen-bond acceptors (Lipinski definition) is 5. The number of anilines is 1. The van der Waals surface area contributed by atoms with Crippen molar-refractivity contribution in [3.05, 3.63) is 53.6 Å². The van der Waals surface area contributed by atoms with Gasteiger partial charge in [-0.05, 0) is 48.7 Å². The Morgan fingerprint density at radius 2 is 1.96 bits per heavy atom. The van der Waals surface area contributed by atoms with Crippen molar-refractivity contribution in [2.75, 3.05) is 11.0 Å². The number of sulfonamides is 1. The summed E-state index contributed by atoms with van der Waals surface area (Å²) >= 11 is 7.12. The molecule has 0 spiro atoms. The molecule has 0 fully saturated rings. The number of hydrogen-bond donors (Lipinski definition) is 2. The molecule has 0 aromatic heterocycles. The van der Waals surface area contributed by atoms with E-state index in [4.69, 9.17) is 16.9 Å². The molecular formula is C15H13ClN4O2S2. The monoisotopic (exact) mass is 380 g/mol. The minimum absolute atomic E-state index is 0.0976. The first kappa shape index (κ1) is 18.1. The quantitative estimate of drug-likeness (QED) is 0.366. The number of halogens is 1. The van der Waals surface area contributed by atoms with Gasteiger partial charge >= 0.3 is 0 Å². The third-order valence-electron chi connectivity index (χ3n) is 2.81. The molecule has 0 radical (unpaired) electrons. The molecule has 124 valence electrons. The Kier molecular flexibility index (Phi) is 6.09. The standard InChI is InChI=1S/C15H13ClN4O2S2/c1-23-15(18-10-17)19-12-5-7-14(8-6-12)24(21,22)20-13-4-2-3-11(16)9-13/h2-9,20H,1H3,(H,18,19). The minimum atomic E-state index is -3.72. The third-order valence-corrected chi connectivity index (χ3v) is 5.02. The molecule has 2 aromatic carbocycles. The predicted molar refractivity (Wildman–Crippen MR) is 98.1 cm³/mol.